The summed E-state index contributed by atoms with van der Waals surface area (Å²) in [6, 6.07) is 8.97. The average molecular weight is 255 g/mol. The van der Waals surface area contributed by atoms with Crippen molar-refractivity contribution in [3.05, 3.63) is 41.6 Å². The molecule has 3 rings (SSSR count). The number of rotatable bonds is 5. The maximum atomic E-state index is 4.39. The second-order valence-corrected chi connectivity index (χ2v) is 4.92. The normalized spacial score (nSPS) is 14.2. The highest BCUT2D eigenvalue weighted by molar-refractivity contribution is 5.39. The van der Waals surface area contributed by atoms with E-state index < -0.39 is 0 Å². The summed E-state index contributed by atoms with van der Waals surface area (Å²) in [4.78, 5) is 4.39. The zero-order chi connectivity index (χ0) is 13.1. The fourth-order valence-electron chi connectivity index (χ4n) is 1.76. The second-order valence-electron chi connectivity index (χ2n) is 4.92. The van der Waals surface area contributed by atoms with E-state index in [1.54, 1.807) is 6.20 Å². The first kappa shape index (κ1) is 11.9. The van der Waals surface area contributed by atoms with Gasteiger partial charge in [0.05, 0.1) is 6.20 Å². The topological polar surface area (TPSA) is 62.7 Å². The molecule has 0 aliphatic heterocycles. The SMILES string of the molecule is Cc1ccc(CNc2cnnc(NC3CC3)n2)cc1. The van der Waals surface area contributed by atoms with E-state index in [-0.39, 0.29) is 0 Å². The lowest BCUT2D eigenvalue weighted by molar-refractivity contribution is 0.936. The Labute approximate surface area is 112 Å². The highest BCUT2D eigenvalue weighted by Gasteiger charge is 2.22. The Bertz CT molecular complexity index is 548. The van der Waals surface area contributed by atoms with Gasteiger partial charge in [-0.3, -0.25) is 0 Å². The molecule has 1 saturated carbocycles. The molecule has 1 heterocycles. The van der Waals surface area contributed by atoms with Crippen LogP contribution in [0.3, 0.4) is 0 Å². The van der Waals surface area contributed by atoms with Crippen molar-refractivity contribution in [2.45, 2.75) is 32.4 Å². The van der Waals surface area contributed by atoms with E-state index in [4.69, 9.17) is 0 Å². The maximum absolute atomic E-state index is 4.39. The minimum atomic E-state index is 0.536. The van der Waals surface area contributed by atoms with E-state index in [0.29, 0.717) is 12.0 Å². The molecule has 0 saturated heterocycles. The van der Waals surface area contributed by atoms with E-state index in [1.165, 1.54) is 24.0 Å². The van der Waals surface area contributed by atoms with Crippen LogP contribution in [-0.4, -0.2) is 21.2 Å². The molecule has 5 heteroatoms. The Morgan fingerprint density at radius 2 is 2.00 bits per heavy atom. The number of aryl methyl sites for hydroxylation is 1. The number of aromatic nitrogens is 3. The van der Waals surface area contributed by atoms with Crippen LogP contribution in [-0.2, 0) is 6.54 Å². The first-order valence-electron chi connectivity index (χ1n) is 6.55. The molecule has 1 aliphatic carbocycles. The molecular formula is C14H17N5. The van der Waals surface area contributed by atoms with Crippen LogP contribution in [0.15, 0.2) is 30.5 Å². The van der Waals surface area contributed by atoms with Gasteiger partial charge in [-0.15, -0.1) is 5.10 Å². The molecule has 0 bridgehead atoms. The monoisotopic (exact) mass is 255 g/mol. The van der Waals surface area contributed by atoms with Crippen molar-refractivity contribution in [1.29, 1.82) is 0 Å². The molecule has 0 atom stereocenters. The quantitative estimate of drug-likeness (QED) is 0.858. The third-order valence-electron chi connectivity index (χ3n) is 3.06. The highest BCUT2D eigenvalue weighted by atomic mass is 15.3. The van der Waals surface area contributed by atoms with E-state index >= 15 is 0 Å². The van der Waals surface area contributed by atoms with Gasteiger partial charge in [-0.25, -0.2) is 0 Å². The number of anilines is 2. The van der Waals surface area contributed by atoms with Crippen LogP contribution in [0, 0.1) is 6.92 Å². The molecule has 0 unspecified atom stereocenters. The summed E-state index contributed by atoms with van der Waals surface area (Å²) in [7, 11) is 0. The van der Waals surface area contributed by atoms with Gasteiger partial charge in [0.25, 0.3) is 0 Å². The summed E-state index contributed by atoms with van der Waals surface area (Å²) in [6.45, 7) is 2.82. The lowest BCUT2D eigenvalue weighted by Crippen LogP contribution is -2.09. The zero-order valence-electron chi connectivity index (χ0n) is 10.9. The van der Waals surface area contributed by atoms with Gasteiger partial charge in [-0.2, -0.15) is 10.1 Å². The second kappa shape index (κ2) is 5.22. The molecule has 1 fully saturated rings. The number of hydrogen-bond acceptors (Lipinski definition) is 5. The van der Waals surface area contributed by atoms with Gasteiger partial charge in [0, 0.05) is 12.6 Å². The standard InChI is InChI=1S/C14H17N5/c1-10-2-4-11(5-3-10)8-15-13-9-16-19-14(18-13)17-12-6-7-12/h2-5,9,12H,6-8H2,1H3,(H2,15,17,18,19). The molecule has 0 radical (unpaired) electrons. The van der Waals surface area contributed by atoms with E-state index in [0.717, 1.165) is 12.4 Å². The van der Waals surface area contributed by atoms with Crippen LogP contribution >= 0.6 is 0 Å². The summed E-state index contributed by atoms with van der Waals surface area (Å²) in [5, 5.41) is 14.4. The highest BCUT2D eigenvalue weighted by Crippen LogP contribution is 2.22. The van der Waals surface area contributed by atoms with Crippen molar-refractivity contribution < 1.29 is 0 Å². The van der Waals surface area contributed by atoms with Gasteiger partial charge in [0.1, 0.15) is 0 Å². The molecule has 1 aromatic carbocycles. The zero-order valence-corrected chi connectivity index (χ0v) is 10.9. The summed E-state index contributed by atoms with van der Waals surface area (Å²) in [5.74, 6) is 1.36. The lowest BCUT2D eigenvalue weighted by atomic mass is 10.1. The Morgan fingerprint density at radius 3 is 2.74 bits per heavy atom. The molecule has 2 N–H and O–H groups in total. The van der Waals surface area contributed by atoms with Gasteiger partial charge in [-0.1, -0.05) is 29.8 Å². The fourth-order valence-corrected chi connectivity index (χ4v) is 1.76. The summed E-state index contributed by atoms with van der Waals surface area (Å²) < 4.78 is 0. The maximum Gasteiger partial charge on any atom is 0.244 e. The number of benzene rings is 1. The van der Waals surface area contributed by atoms with Crippen LogP contribution < -0.4 is 10.6 Å². The Hall–Kier alpha value is -2.17. The van der Waals surface area contributed by atoms with E-state index in [2.05, 4.69) is 57.0 Å². The number of nitrogens with one attached hydrogen (secondary N) is 2. The van der Waals surface area contributed by atoms with Crippen LogP contribution in [0.4, 0.5) is 11.8 Å². The minimum Gasteiger partial charge on any atom is -0.365 e. The third kappa shape index (κ3) is 3.40. The van der Waals surface area contributed by atoms with Crippen LogP contribution in [0.25, 0.3) is 0 Å². The van der Waals surface area contributed by atoms with Crippen LogP contribution in [0.2, 0.25) is 0 Å². The summed E-state index contributed by atoms with van der Waals surface area (Å²) in [5.41, 5.74) is 2.49. The van der Waals surface area contributed by atoms with Gasteiger partial charge < -0.3 is 10.6 Å². The third-order valence-corrected chi connectivity index (χ3v) is 3.06. The van der Waals surface area contributed by atoms with E-state index in [9.17, 15) is 0 Å². The molecule has 19 heavy (non-hydrogen) atoms. The van der Waals surface area contributed by atoms with Gasteiger partial charge in [-0.05, 0) is 25.3 Å². The van der Waals surface area contributed by atoms with Gasteiger partial charge in [0.2, 0.25) is 5.95 Å². The Balaban J connectivity index is 1.60. The van der Waals surface area contributed by atoms with Crippen molar-refractivity contribution in [1.82, 2.24) is 15.2 Å². The van der Waals surface area contributed by atoms with Crippen molar-refractivity contribution in [2.75, 3.05) is 10.6 Å². The van der Waals surface area contributed by atoms with Crippen molar-refractivity contribution in [3.63, 3.8) is 0 Å². The van der Waals surface area contributed by atoms with Crippen LogP contribution in [0.5, 0.6) is 0 Å². The molecule has 0 spiro atoms. The number of hydrogen-bond donors (Lipinski definition) is 2. The summed E-state index contributed by atoms with van der Waals surface area (Å²) >= 11 is 0. The number of nitrogens with zero attached hydrogens (tertiary/aromatic N) is 3. The summed E-state index contributed by atoms with van der Waals surface area (Å²) in [6.07, 6.45) is 4.04. The minimum absolute atomic E-state index is 0.536. The van der Waals surface area contributed by atoms with Crippen LogP contribution in [0.1, 0.15) is 24.0 Å². The molecule has 1 aromatic heterocycles. The Morgan fingerprint density at radius 1 is 1.21 bits per heavy atom. The van der Waals surface area contributed by atoms with Crippen molar-refractivity contribution in [3.8, 4) is 0 Å². The lowest BCUT2D eigenvalue weighted by Gasteiger charge is -2.07. The smallest absolute Gasteiger partial charge is 0.244 e. The van der Waals surface area contributed by atoms with Crippen molar-refractivity contribution in [2.24, 2.45) is 0 Å². The van der Waals surface area contributed by atoms with Crippen molar-refractivity contribution >= 4 is 11.8 Å². The molecule has 2 aromatic rings. The van der Waals surface area contributed by atoms with Gasteiger partial charge >= 0.3 is 0 Å². The first-order chi connectivity index (χ1) is 9.29. The molecule has 98 valence electrons. The molecule has 0 amide bonds. The van der Waals surface area contributed by atoms with Gasteiger partial charge in [0.15, 0.2) is 5.82 Å². The first-order valence-corrected chi connectivity index (χ1v) is 6.55. The predicted octanol–water partition coefficient (Wildman–Crippen LogP) is 2.37. The predicted molar refractivity (Wildman–Crippen MR) is 75.0 cm³/mol. The molecular weight excluding hydrogens is 238 g/mol. The molecule has 1 aliphatic rings. The molecule has 5 nitrogen and oxygen atoms in total. The average Bonchev–Trinajstić information content (AvgIpc) is 3.23. The van der Waals surface area contributed by atoms with E-state index in [1.807, 2.05) is 0 Å². The fraction of sp³-hybridized carbons (Fsp3) is 0.357. The Kier molecular flexibility index (Phi) is 3.27. The largest absolute Gasteiger partial charge is 0.365 e.